The fourth-order valence-corrected chi connectivity index (χ4v) is 2.18. The summed E-state index contributed by atoms with van der Waals surface area (Å²) in [4.78, 5) is 25.8. The van der Waals surface area contributed by atoms with Gasteiger partial charge in [-0.1, -0.05) is 27.7 Å². The molecule has 0 radical (unpaired) electrons. The molecule has 1 aliphatic rings. The lowest BCUT2D eigenvalue weighted by Crippen LogP contribution is -2.43. The Morgan fingerprint density at radius 1 is 1.26 bits per heavy atom. The molecule has 1 rings (SSSR count). The first kappa shape index (κ1) is 16.0. The van der Waals surface area contributed by atoms with Crippen LogP contribution in [-0.2, 0) is 9.59 Å². The van der Waals surface area contributed by atoms with Crippen molar-refractivity contribution in [3.8, 4) is 0 Å². The Morgan fingerprint density at radius 2 is 1.79 bits per heavy atom. The lowest BCUT2D eigenvalue weighted by Gasteiger charge is -2.32. The molecule has 0 aromatic heterocycles. The SMILES string of the molecule is CC(C)CN(C(=O)CC(C)(C(=O)O)C(C)C)C1CC1. The van der Waals surface area contributed by atoms with E-state index in [-0.39, 0.29) is 18.2 Å². The van der Waals surface area contributed by atoms with Crippen molar-refractivity contribution in [1.82, 2.24) is 4.90 Å². The number of nitrogens with zero attached hydrogens (tertiary/aromatic N) is 1. The molecule has 1 saturated carbocycles. The fraction of sp³-hybridized carbons (Fsp3) is 0.867. The van der Waals surface area contributed by atoms with Gasteiger partial charge in [0, 0.05) is 19.0 Å². The van der Waals surface area contributed by atoms with Crippen LogP contribution in [0.4, 0.5) is 0 Å². The molecule has 0 aromatic rings. The number of carboxylic acids is 1. The number of hydrogen-bond acceptors (Lipinski definition) is 2. The molecule has 1 amide bonds. The van der Waals surface area contributed by atoms with Gasteiger partial charge in [-0.25, -0.2) is 0 Å². The summed E-state index contributed by atoms with van der Waals surface area (Å²) in [6.07, 6.45) is 2.22. The summed E-state index contributed by atoms with van der Waals surface area (Å²) in [7, 11) is 0. The van der Waals surface area contributed by atoms with E-state index in [0.717, 1.165) is 19.4 Å². The van der Waals surface area contributed by atoms with Crippen LogP contribution in [0.5, 0.6) is 0 Å². The second-order valence-corrected chi connectivity index (χ2v) is 6.73. The normalized spacial score (nSPS) is 18.5. The molecule has 1 unspecified atom stereocenters. The molecule has 0 aromatic carbocycles. The lowest BCUT2D eigenvalue weighted by molar-refractivity contribution is -0.155. The Morgan fingerprint density at radius 3 is 2.11 bits per heavy atom. The number of carboxylic acid groups (broad SMARTS) is 1. The Balaban J connectivity index is 2.77. The molecule has 1 N–H and O–H groups in total. The van der Waals surface area contributed by atoms with Gasteiger partial charge < -0.3 is 10.0 Å². The lowest BCUT2D eigenvalue weighted by atomic mass is 9.76. The average molecular weight is 269 g/mol. The Hall–Kier alpha value is -1.06. The predicted molar refractivity (Wildman–Crippen MR) is 74.8 cm³/mol. The van der Waals surface area contributed by atoms with Gasteiger partial charge in [0.2, 0.25) is 5.91 Å². The summed E-state index contributed by atoms with van der Waals surface area (Å²) < 4.78 is 0. The molecule has 0 bridgehead atoms. The number of hydrogen-bond donors (Lipinski definition) is 1. The smallest absolute Gasteiger partial charge is 0.310 e. The van der Waals surface area contributed by atoms with E-state index in [2.05, 4.69) is 13.8 Å². The Labute approximate surface area is 116 Å². The number of aliphatic carboxylic acids is 1. The summed E-state index contributed by atoms with van der Waals surface area (Å²) in [5.74, 6) is -0.528. The molecule has 0 spiro atoms. The summed E-state index contributed by atoms with van der Waals surface area (Å²) >= 11 is 0. The monoisotopic (exact) mass is 269 g/mol. The van der Waals surface area contributed by atoms with E-state index in [9.17, 15) is 14.7 Å². The summed E-state index contributed by atoms with van der Waals surface area (Å²) in [6, 6.07) is 0.347. The first-order valence-electron chi connectivity index (χ1n) is 7.21. The Bertz CT molecular complexity index is 347. The van der Waals surface area contributed by atoms with Crippen molar-refractivity contribution in [1.29, 1.82) is 0 Å². The third-order valence-corrected chi connectivity index (χ3v) is 4.15. The van der Waals surface area contributed by atoms with Gasteiger partial charge in [-0.3, -0.25) is 9.59 Å². The quantitative estimate of drug-likeness (QED) is 0.773. The first-order valence-corrected chi connectivity index (χ1v) is 7.21. The van der Waals surface area contributed by atoms with Crippen molar-refractivity contribution >= 4 is 11.9 Å². The molecule has 1 atom stereocenters. The van der Waals surface area contributed by atoms with Crippen LogP contribution in [-0.4, -0.2) is 34.5 Å². The molecule has 19 heavy (non-hydrogen) atoms. The highest BCUT2D eigenvalue weighted by molar-refractivity contribution is 5.85. The van der Waals surface area contributed by atoms with Crippen molar-refractivity contribution in [2.24, 2.45) is 17.3 Å². The molecule has 4 nitrogen and oxygen atoms in total. The molecule has 110 valence electrons. The minimum absolute atomic E-state index is 0.00481. The van der Waals surface area contributed by atoms with Crippen LogP contribution in [0, 0.1) is 17.3 Å². The minimum Gasteiger partial charge on any atom is -0.481 e. The molecular formula is C15H27NO3. The standard InChI is InChI=1S/C15H27NO3/c1-10(2)9-16(12-6-7-12)13(17)8-15(5,11(3)4)14(18)19/h10-12H,6-9H2,1-5H3,(H,18,19). The van der Waals surface area contributed by atoms with E-state index in [1.165, 1.54) is 0 Å². The largest absolute Gasteiger partial charge is 0.481 e. The summed E-state index contributed by atoms with van der Waals surface area (Å²) in [6.45, 7) is 10.3. The van der Waals surface area contributed by atoms with Gasteiger partial charge in [-0.05, 0) is 31.6 Å². The van der Waals surface area contributed by atoms with E-state index >= 15 is 0 Å². The van der Waals surface area contributed by atoms with Crippen LogP contribution in [0.15, 0.2) is 0 Å². The van der Waals surface area contributed by atoms with Crippen LogP contribution >= 0.6 is 0 Å². The van der Waals surface area contributed by atoms with E-state index in [1.807, 2.05) is 18.7 Å². The zero-order chi connectivity index (χ0) is 14.8. The van der Waals surface area contributed by atoms with Crippen LogP contribution in [0.3, 0.4) is 0 Å². The van der Waals surface area contributed by atoms with Gasteiger partial charge in [0.15, 0.2) is 0 Å². The molecule has 0 saturated heterocycles. The fourth-order valence-electron chi connectivity index (χ4n) is 2.18. The molecular weight excluding hydrogens is 242 g/mol. The van der Waals surface area contributed by atoms with E-state index in [4.69, 9.17) is 0 Å². The summed E-state index contributed by atoms with van der Waals surface area (Å²) in [5, 5.41) is 9.40. The second-order valence-electron chi connectivity index (χ2n) is 6.73. The highest BCUT2D eigenvalue weighted by Crippen LogP contribution is 2.35. The third kappa shape index (κ3) is 3.95. The van der Waals surface area contributed by atoms with Crippen molar-refractivity contribution < 1.29 is 14.7 Å². The van der Waals surface area contributed by atoms with Crippen molar-refractivity contribution in [2.75, 3.05) is 6.54 Å². The van der Waals surface area contributed by atoms with E-state index < -0.39 is 11.4 Å². The van der Waals surface area contributed by atoms with Gasteiger partial charge >= 0.3 is 5.97 Å². The van der Waals surface area contributed by atoms with Gasteiger partial charge in [0.1, 0.15) is 0 Å². The zero-order valence-corrected chi connectivity index (χ0v) is 12.8. The molecule has 0 heterocycles. The highest BCUT2D eigenvalue weighted by atomic mass is 16.4. The van der Waals surface area contributed by atoms with Gasteiger partial charge in [0.05, 0.1) is 5.41 Å². The van der Waals surface area contributed by atoms with Crippen molar-refractivity contribution in [3.63, 3.8) is 0 Å². The molecule has 0 aliphatic heterocycles. The highest BCUT2D eigenvalue weighted by Gasteiger charge is 2.42. The van der Waals surface area contributed by atoms with Crippen molar-refractivity contribution in [2.45, 2.75) is 59.9 Å². The van der Waals surface area contributed by atoms with Gasteiger partial charge in [-0.15, -0.1) is 0 Å². The number of carbonyl (C=O) groups excluding carboxylic acids is 1. The van der Waals surface area contributed by atoms with Crippen LogP contribution < -0.4 is 0 Å². The topological polar surface area (TPSA) is 57.6 Å². The average Bonchev–Trinajstić information content (AvgIpc) is 3.08. The molecule has 1 fully saturated rings. The maximum atomic E-state index is 12.4. The first-order chi connectivity index (χ1) is 8.68. The predicted octanol–water partition coefficient (Wildman–Crippen LogP) is 2.77. The van der Waals surface area contributed by atoms with Gasteiger partial charge in [0.25, 0.3) is 0 Å². The summed E-state index contributed by atoms with van der Waals surface area (Å²) in [5.41, 5.74) is -0.971. The second kappa shape index (κ2) is 5.93. The maximum Gasteiger partial charge on any atom is 0.310 e. The number of carbonyl (C=O) groups is 2. The van der Waals surface area contributed by atoms with Crippen LogP contribution in [0.25, 0.3) is 0 Å². The number of amides is 1. The minimum atomic E-state index is -0.971. The van der Waals surface area contributed by atoms with Crippen molar-refractivity contribution in [3.05, 3.63) is 0 Å². The van der Waals surface area contributed by atoms with E-state index in [0.29, 0.717) is 12.0 Å². The van der Waals surface area contributed by atoms with E-state index in [1.54, 1.807) is 6.92 Å². The number of rotatable bonds is 7. The maximum absolute atomic E-state index is 12.4. The Kier molecular flexibility index (Phi) is 4.99. The van der Waals surface area contributed by atoms with Crippen LogP contribution in [0.1, 0.15) is 53.9 Å². The third-order valence-electron chi connectivity index (χ3n) is 4.15. The molecule has 4 heteroatoms. The van der Waals surface area contributed by atoms with Gasteiger partial charge in [-0.2, -0.15) is 0 Å². The van der Waals surface area contributed by atoms with Crippen LogP contribution in [0.2, 0.25) is 0 Å². The molecule has 1 aliphatic carbocycles. The zero-order valence-electron chi connectivity index (χ0n) is 12.8.